The first-order valence-corrected chi connectivity index (χ1v) is 37.1. The van der Waals surface area contributed by atoms with Gasteiger partial charge in [0.25, 0.3) is 0 Å². The summed E-state index contributed by atoms with van der Waals surface area (Å²) < 4.78 is 68.0. The molecule has 5 atom stereocenters. The lowest BCUT2D eigenvalue weighted by Crippen LogP contribution is -2.30. The highest BCUT2D eigenvalue weighted by molar-refractivity contribution is 7.47. The molecule has 0 rings (SSSR count). The zero-order chi connectivity index (χ0) is 62.0. The van der Waals surface area contributed by atoms with Crippen LogP contribution in [0, 0.1) is 5.92 Å². The monoisotopic (exact) mass is 1240 g/mol. The molecule has 0 aliphatic carbocycles. The number of carbonyl (C=O) groups is 4. The van der Waals surface area contributed by atoms with Crippen LogP contribution in [0.25, 0.3) is 0 Å². The molecule has 0 amide bonds. The van der Waals surface area contributed by atoms with Gasteiger partial charge in [-0.25, -0.2) is 9.13 Å². The molecule has 0 bridgehead atoms. The Hall–Kier alpha value is -1.94. The molecule has 2 unspecified atom stereocenters. The number of phosphoric ester groups is 2. The van der Waals surface area contributed by atoms with E-state index in [2.05, 4.69) is 34.6 Å². The number of unbranched alkanes of at least 4 members (excludes halogenated alkanes) is 37. The van der Waals surface area contributed by atoms with E-state index in [0.717, 1.165) is 95.8 Å². The van der Waals surface area contributed by atoms with Crippen molar-refractivity contribution in [3.05, 3.63) is 0 Å². The minimum atomic E-state index is -4.94. The van der Waals surface area contributed by atoms with Gasteiger partial charge < -0.3 is 33.8 Å². The molecule has 0 fully saturated rings. The van der Waals surface area contributed by atoms with Gasteiger partial charge in [-0.3, -0.25) is 37.3 Å². The average Bonchev–Trinajstić information content (AvgIpc) is 3.58. The van der Waals surface area contributed by atoms with Crippen molar-refractivity contribution < 1.29 is 80.2 Å². The summed E-state index contributed by atoms with van der Waals surface area (Å²) in [7, 11) is -9.88. The molecule has 0 saturated carbocycles. The van der Waals surface area contributed by atoms with Crippen LogP contribution in [0.4, 0.5) is 0 Å². The topological polar surface area (TPSA) is 237 Å². The van der Waals surface area contributed by atoms with Gasteiger partial charge in [-0.2, -0.15) is 0 Å². The van der Waals surface area contributed by atoms with Crippen molar-refractivity contribution in [2.24, 2.45) is 5.92 Å². The molecule has 0 aromatic carbocycles. The molecular formula is C65H126O17P2. The second-order valence-electron chi connectivity index (χ2n) is 24.0. The molecule has 19 heteroatoms. The Labute approximate surface area is 511 Å². The van der Waals surface area contributed by atoms with Crippen molar-refractivity contribution in [1.29, 1.82) is 0 Å². The third kappa shape index (κ3) is 59.0. The van der Waals surface area contributed by atoms with Gasteiger partial charge in [-0.15, -0.1) is 0 Å². The quantitative estimate of drug-likeness (QED) is 0.0222. The van der Waals surface area contributed by atoms with E-state index in [1.165, 1.54) is 154 Å². The predicted octanol–water partition coefficient (Wildman–Crippen LogP) is 18.2. The fourth-order valence-corrected chi connectivity index (χ4v) is 11.3. The molecule has 0 aliphatic heterocycles. The molecule has 0 aliphatic rings. The molecule has 0 heterocycles. The summed E-state index contributed by atoms with van der Waals surface area (Å²) in [6.45, 7) is 7.17. The van der Waals surface area contributed by atoms with E-state index in [0.29, 0.717) is 25.7 Å². The van der Waals surface area contributed by atoms with E-state index in [-0.39, 0.29) is 25.7 Å². The lowest BCUT2D eigenvalue weighted by atomic mass is 10.0. The number of rotatable bonds is 65. The second kappa shape index (κ2) is 58.7. The lowest BCUT2D eigenvalue weighted by Gasteiger charge is -2.21. The van der Waals surface area contributed by atoms with Crippen LogP contribution >= 0.6 is 15.6 Å². The zero-order valence-electron chi connectivity index (χ0n) is 54.0. The van der Waals surface area contributed by atoms with Crippen LogP contribution in [0.15, 0.2) is 0 Å². The minimum Gasteiger partial charge on any atom is -0.462 e. The third-order valence-electron chi connectivity index (χ3n) is 15.0. The van der Waals surface area contributed by atoms with Gasteiger partial charge in [0.05, 0.1) is 26.4 Å². The number of hydrogen-bond acceptors (Lipinski definition) is 15. The molecule has 0 aromatic heterocycles. The normalized spacial score (nSPS) is 14.2. The maximum absolute atomic E-state index is 13.0. The van der Waals surface area contributed by atoms with Gasteiger partial charge in [0.15, 0.2) is 12.2 Å². The van der Waals surface area contributed by atoms with Crippen LogP contribution in [0.2, 0.25) is 0 Å². The summed E-state index contributed by atoms with van der Waals surface area (Å²) in [6, 6.07) is 0. The van der Waals surface area contributed by atoms with Crippen molar-refractivity contribution in [2.45, 2.75) is 348 Å². The van der Waals surface area contributed by atoms with Gasteiger partial charge >= 0.3 is 39.5 Å². The summed E-state index contributed by atoms with van der Waals surface area (Å²) >= 11 is 0. The van der Waals surface area contributed by atoms with E-state index in [1.54, 1.807) is 0 Å². The van der Waals surface area contributed by atoms with E-state index in [1.807, 2.05) is 0 Å². The predicted molar refractivity (Wildman–Crippen MR) is 335 cm³/mol. The average molecular weight is 1240 g/mol. The van der Waals surface area contributed by atoms with Crippen LogP contribution in [0.5, 0.6) is 0 Å². The summed E-state index contributed by atoms with van der Waals surface area (Å²) in [5, 5.41) is 10.5. The zero-order valence-corrected chi connectivity index (χ0v) is 55.8. The Morgan fingerprint density at radius 1 is 0.321 bits per heavy atom. The minimum absolute atomic E-state index is 0.106. The van der Waals surface area contributed by atoms with Crippen molar-refractivity contribution in [3.8, 4) is 0 Å². The highest BCUT2D eigenvalue weighted by Crippen LogP contribution is 2.45. The molecule has 0 radical (unpaired) electrons. The van der Waals surface area contributed by atoms with Crippen molar-refractivity contribution in [2.75, 3.05) is 39.6 Å². The molecule has 498 valence electrons. The van der Waals surface area contributed by atoms with E-state index in [9.17, 15) is 43.2 Å². The summed E-state index contributed by atoms with van der Waals surface area (Å²) in [6.07, 6.45) is 42.9. The van der Waals surface area contributed by atoms with E-state index < -0.39 is 97.5 Å². The SMILES string of the molecule is CCCCCCCCCCCCCCCC(=O)O[C@H](COC(=O)CCCCCCCCCCCC(C)C)COP(=O)(O)OC[C@@H](O)COP(=O)(O)OC[C@@H](COC(=O)CCCCCCCCCCC)OC(=O)CCCCCCCCCCCC. The number of esters is 4. The van der Waals surface area contributed by atoms with Crippen LogP contribution in [0.1, 0.15) is 330 Å². The fraction of sp³-hybridized carbons (Fsp3) is 0.938. The number of phosphoric acid groups is 2. The Kier molecular flexibility index (Phi) is 57.4. The molecule has 0 aromatic rings. The third-order valence-corrected chi connectivity index (χ3v) is 16.9. The van der Waals surface area contributed by atoms with E-state index in [4.69, 9.17) is 37.0 Å². The van der Waals surface area contributed by atoms with Crippen LogP contribution < -0.4 is 0 Å². The second-order valence-corrected chi connectivity index (χ2v) is 26.9. The standard InChI is InChI=1S/C65H126O17P2/c1-6-9-12-15-18-21-23-24-25-30-36-41-46-51-65(70)82-61(55-76-63(68)49-44-39-34-31-26-28-32-37-42-47-58(4)5)57-80-84(73,74)78-53-59(66)52-77-83(71,72)79-56-60(54-75-62(67)48-43-38-33-27-20-17-14-11-8-3)81-64(69)50-45-40-35-29-22-19-16-13-10-7-2/h58-61,66H,6-57H2,1-5H3,(H,71,72)(H,73,74)/t59-,60+,61+/m0/s1. The van der Waals surface area contributed by atoms with Crippen molar-refractivity contribution in [1.82, 2.24) is 0 Å². The summed E-state index contributed by atoms with van der Waals surface area (Å²) in [4.78, 5) is 72.2. The van der Waals surface area contributed by atoms with Crippen molar-refractivity contribution in [3.63, 3.8) is 0 Å². The Bertz CT molecular complexity index is 1640. The van der Waals surface area contributed by atoms with Gasteiger partial charge in [-0.1, -0.05) is 279 Å². The molecule has 0 saturated heterocycles. The van der Waals surface area contributed by atoms with Gasteiger partial charge in [0.2, 0.25) is 0 Å². The Morgan fingerprint density at radius 3 is 0.810 bits per heavy atom. The number of hydrogen-bond donors (Lipinski definition) is 3. The molecular weight excluding hydrogens is 1110 g/mol. The van der Waals surface area contributed by atoms with Gasteiger partial charge in [0.1, 0.15) is 19.3 Å². The van der Waals surface area contributed by atoms with Crippen LogP contribution in [-0.4, -0.2) is 96.7 Å². The first kappa shape index (κ1) is 82.1. The van der Waals surface area contributed by atoms with Crippen molar-refractivity contribution >= 4 is 39.5 Å². The Morgan fingerprint density at radius 2 is 0.548 bits per heavy atom. The van der Waals surface area contributed by atoms with Crippen LogP contribution in [-0.2, 0) is 65.4 Å². The Balaban J connectivity index is 5.23. The van der Waals surface area contributed by atoms with Crippen LogP contribution in [0.3, 0.4) is 0 Å². The molecule has 84 heavy (non-hydrogen) atoms. The lowest BCUT2D eigenvalue weighted by molar-refractivity contribution is -0.161. The smallest absolute Gasteiger partial charge is 0.462 e. The molecule has 0 spiro atoms. The highest BCUT2D eigenvalue weighted by atomic mass is 31.2. The first-order chi connectivity index (χ1) is 40.5. The van der Waals surface area contributed by atoms with Gasteiger partial charge in [-0.05, 0) is 31.6 Å². The maximum atomic E-state index is 13.0. The van der Waals surface area contributed by atoms with Gasteiger partial charge in [0, 0.05) is 25.7 Å². The molecule has 17 nitrogen and oxygen atoms in total. The largest absolute Gasteiger partial charge is 0.472 e. The maximum Gasteiger partial charge on any atom is 0.472 e. The summed E-state index contributed by atoms with van der Waals surface area (Å²) in [5.74, 6) is -1.39. The van der Waals surface area contributed by atoms with E-state index >= 15 is 0 Å². The number of aliphatic hydroxyl groups is 1. The first-order valence-electron chi connectivity index (χ1n) is 34.1. The highest BCUT2D eigenvalue weighted by Gasteiger charge is 2.30. The summed E-state index contributed by atoms with van der Waals surface area (Å²) in [5.41, 5.74) is 0. The number of ether oxygens (including phenoxy) is 4. The molecule has 3 N–H and O–H groups in total. The fourth-order valence-electron chi connectivity index (χ4n) is 9.76. The number of carbonyl (C=O) groups excluding carboxylic acids is 4. The number of aliphatic hydroxyl groups excluding tert-OH is 1.